The summed E-state index contributed by atoms with van der Waals surface area (Å²) >= 11 is 4.11. The van der Waals surface area contributed by atoms with Crippen molar-refractivity contribution in [1.82, 2.24) is 0 Å². The third kappa shape index (κ3) is 1.84. The van der Waals surface area contributed by atoms with Gasteiger partial charge in [-0.3, -0.25) is 4.99 Å². The normalized spacial score (nSPS) is 28.4. The number of hydrogen-bond acceptors (Lipinski definition) is 3. The van der Waals surface area contributed by atoms with Crippen molar-refractivity contribution in [2.45, 2.75) is 11.8 Å². The van der Waals surface area contributed by atoms with Crippen LogP contribution in [0, 0.1) is 5.92 Å². The molecular weight excluding hydrogens is 132 g/mol. The summed E-state index contributed by atoms with van der Waals surface area (Å²) in [6, 6.07) is 0. The minimum absolute atomic E-state index is 0.0481. The van der Waals surface area contributed by atoms with Crippen LogP contribution in [-0.4, -0.2) is 11.6 Å². The number of thiol groups is 1. The van der Waals surface area contributed by atoms with Gasteiger partial charge in [0.1, 0.15) is 0 Å². The van der Waals surface area contributed by atoms with Gasteiger partial charge in [-0.2, -0.15) is 12.6 Å². The molecule has 1 rings (SSSR count). The molecule has 1 heterocycles. The van der Waals surface area contributed by atoms with Crippen LogP contribution in [0.2, 0.25) is 0 Å². The molecule has 0 bridgehead atoms. The minimum Gasteiger partial charge on any atom is -0.319 e. The molecule has 2 atom stereocenters. The molecule has 0 radical (unpaired) electrons. The molecule has 0 amide bonds. The highest BCUT2D eigenvalue weighted by atomic mass is 32.1. The lowest BCUT2D eigenvalue weighted by atomic mass is 10.1. The molecule has 1 aliphatic rings. The summed E-state index contributed by atoms with van der Waals surface area (Å²) in [6.07, 6.45) is 6.53. The quantitative estimate of drug-likeness (QED) is 0.412. The summed E-state index contributed by atoms with van der Waals surface area (Å²) in [7, 11) is 0. The molecule has 0 aliphatic carbocycles. The first kappa shape index (κ1) is 6.83. The van der Waals surface area contributed by atoms with Crippen LogP contribution >= 0.6 is 12.6 Å². The molecule has 50 valence electrons. The Labute approximate surface area is 60.3 Å². The maximum absolute atomic E-state index is 5.52. The SMILES string of the molecule is NC(S)C1C=CN=CC1. The van der Waals surface area contributed by atoms with Crippen molar-refractivity contribution >= 4 is 18.8 Å². The molecule has 0 spiro atoms. The van der Waals surface area contributed by atoms with E-state index in [2.05, 4.69) is 17.6 Å². The van der Waals surface area contributed by atoms with E-state index in [1.807, 2.05) is 12.3 Å². The highest BCUT2D eigenvalue weighted by Crippen LogP contribution is 2.13. The Morgan fingerprint density at radius 1 is 1.78 bits per heavy atom. The van der Waals surface area contributed by atoms with E-state index in [4.69, 9.17) is 5.73 Å². The second-order valence-electron chi connectivity index (χ2n) is 2.06. The van der Waals surface area contributed by atoms with E-state index >= 15 is 0 Å². The van der Waals surface area contributed by atoms with Gasteiger partial charge in [0.05, 0.1) is 5.37 Å². The molecule has 0 aromatic rings. The van der Waals surface area contributed by atoms with Crippen molar-refractivity contribution in [3.63, 3.8) is 0 Å². The van der Waals surface area contributed by atoms with Crippen LogP contribution in [0.4, 0.5) is 0 Å². The summed E-state index contributed by atoms with van der Waals surface area (Å²) in [6.45, 7) is 0. The van der Waals surface area contributed by atoms with Gasteiger partial charge >= 0.3 is 0 Å². The van der Waals surface area contributed by atoms with Crippen molar-refractivity contribution in [3.05, 3.63) is 12.3 Å². The molecule has 0 saturated heterocycles. The lowest BCUT2D eigenvalue weighted by Gasteiger charge is -2.14. The van der Waals surface area contributed by atoms with E-state index in [9.17, 15) is 0 Å². The largest absolute Gasteiger partial charge is 0.319 e. The third-order valence-corrected chi connectivity index (χ3v) is 1.72. The smallest absolute Gasteiger partial charge is 0.0545 e. The fraction of sp³-hybridized carbons (Fsp3) is 0.500. The summed E-state index contributed by atoms with van der Waals surface area (Å²) in [4.78, 5) is 3.91. The third-order valence-electron chi connectivity index (χ3n) is 1.34. The fourth-order valence-corrected chi connectivity index (χ4v) is 0.957. The number of hydrogen-bond donors (Lipinski definition) is 2. The van der Waals surface area contributed by atoms with E-state index < -0.39 is 0 Å². The highest BCUT2D eigenvalue weighted by molar-refractivity contribution is 7.80. The zero-order valence-electron chi connectivity index (χ0n) is 5.07. The Balaban J connectivity index is 2.46. The zero-order chi connectivity index (χ0) is 6.69. The van der Waals surface area contributed by atoms with Crippen molar-refractivity contribution in [2.24, 2.45) is 16.6 Å². The van der Waals surface area contributed by atoms with Gasteiger partial charge in [0.15, 0.2) is 0 Å². The average Bonchev–Trinajstić information content (AvgIpc) is 1.90. The first-order chi connectivity index (χ1) is 4.30. The van der Waals surface area contributed by atoms with Gasteiger partial charge in [-0.15, -0.1) is 0 Å². The Hall–Kier alpha value is -0.280. The van der Waals surface area contributed by atoms with Crippen LogP contribution in [0.1, 0.15) is 6.42 Å². The van der Waals surface area contributed by atoms with Crippen LogP contribution in [0.3, 0.4) is 0 Å². The number of rotatable bonds is 1. The van der Waals surface area contributed by atoms with E-state index in [1.165, 1.54) is 0 Å². The molecule has 0 aromatic heterocycles. The topological polar surface area (TPSA) is 38.4 Å². The minimum atomic E-state index is -0.0481. The molecule has 0 fully saturated rings. The highest BCUT2D eigenvalue weighted by Gasteiger charge is 2.10. The average molecular weight is 142 g/mol. The van der Waals surface area contributed by atoms with E-state index in [-0.39, 0.29) is 5.37 Å². The Morgan fingerprint density at radius 2 is 2.56 bits per heavy atom. The van der Waals surface area contributed by atoms with Gasteiger partial charge in [-0.25, -0.2) is 0 Å². The maximum Gasteiger partial charge on any atom is 0.0545 e. The predicted octanol–water partition coefficient (Wildman–Crippen LogP) is 0.805. The van der Waals surface area contributed by atoms with Crippen LogP contribution < -0.4 is 5.73 Å². The predicted molar refractivity (Wildman–Crippen MR) is 42.7 cm³/mol. The van der Waals surface area contributed by atoms with Crippen molar-refractivity contribution < 1.29 is 0 Å². The fourth-order valence-electron chi connectivity index (χ4n) is 0.736. The number of aliphatic imine (C=N–C) groups is 1. The van der Waals surface area contributed by atoms with Crippen molar-refractivity contribution in [2.75, 3.05) is 0 Å². The second kappa shape index (κ2) is 3.03. The van der Waals surface area contributed by atoms with Gasteiger partial charge in [0.2, 0.25) is 0 Å². The van der Waals surface area contributed by atoms with Crippen LogP contribution in [-0.2, 0) is 0 Å². The summed E-state index contributed by atoms with van der Waals surface area (Å²) in [5.41, 5.74) is 5.52. The number of nitrogens with zero attached hydrogens (tertiary/aromatic N) is 1. The molecule has 2 nitrogen and oxygen atoms in total. The van der Waals surface area contributed by atoms with Gasteiger partial charge in [0.25, 0.3) is 0 Å². The standard InChI is InChI=1S/C6H10N2S/c7-6(9)5-1-3-8-4-2-5/h1,3-6,9H,2,7H2. The zero-order valence-corrected chi connectivity index (χ0v) is 5.96. The molecule has 2 unspecified atom stereocenters. The van der Waals surface area contributed by atoms with Crippen molar-refractivity contribution in [1.29, 1.82) is 0 Å². The lowest BCUT2D eigenvalue weighted by Crippen LogP contribution is -2.23. The first-order valence-corrected chi connectivity index (χ1v) is 3.44. The second-order valence-corrected chi connectivity index (χ2v) is 2.66. The molecular formula is C6H10N2S. The van der Waals surface area contributed by atoms with Crippen molar-refractivity contribution in [3.8, 4) is 0 Å². The monoisotopic (exact) mass is 142 g/mol. The molecule has 0 saturated carbocycles. The molecule has 1 aliphatic heterocycles. The van der Waals surface area contributed by atoms with E-state index in [1.54, 1.807) is 6.20 Å². The van der Waals surface area contributed by atoms with Crippen LogP contribution in [0.25, 0.3) is 0 Å². The maximum atomic E-state index is 5.52. The summed E-state index contributed by atoms with van der Waals surface area (Å²) in [5.74, 6) is 0.367. The Kier molecular flexibility index (Phi) is 2.30. The van der Waals surface area contributed by atoms with Gasteiger partial charge < -0.3 is 5.73 Å². The molecule has 3 heteroatoms. The van der Waals surface area contributed by atoms with Crippen LogP contribution in [0.5, 0.6) is 0 Å². The molecule has 9 heavy (non-hydrogen) atoms. The van der Waals surface area contributed by atoms with Gasteiger partial charge in [-0.05, 0) is 6.42 Å². The molecule has 2 N–H and O–H groups in total. The van der Waals surface area contributed by atoms with Gasteiger partial charge in [-0.1, -0.05) is 6.08 Å². The van der Waals surface area contributed by atoms with E-state index in [0.29, 0.717) is 5.92 Å². The van der Waals surface area contributed by atoms with E-state index in [0.717, 1.165) is 6.42 Å². The first-order valence-electron chi connectivity index (χ1n) is 2.92. The Morgan fingerprint density at radius 3 is 2.89 bits per heavy atom. The summed E-state index contributed by atoms with van der Waals surface area (Å²) in [5, 5.41) is -0.0481. The Bertz CT molecular complexity index is 140. The van der Waals surface area contributed by atoms with Crippen LogP contribution in [0.15, 0.2) is 17.3 Å². The lowest BCUT2D eigenvalue weighted by molar-refractivity contribution is 0.654. The number of nitrogens with two attached hydrogens (primary N) is 1. The van der Waals surface area contributed by atoms with Gasteiger partial charge in [0, 0.05) is 18.3 Å². The summed E-state index contributed by atoms with van der Waals surface area (Å²) < 4.78 is 0. The molecule has 0 aromatic carbocycles.